The van der Waals surface area contributed by atoms with Gasteiger partial charge in [-0.05, 0) is 48.6 Å². The predicted octanol–water partition coefficient (Wildman–Crippen LogP) is 2.74. The van der Waals surface area contributed by atoms with E-state index in [0.717, 1.165) is 16.7 Å². The molecule has 0 aliphatic carbocycles. The van der Waals surface area contributed by atoms with Gasteiger partial charge >= 0.3 is 5.97 Å². The fourth-order valence-electron chi connectivity index (χ4n) is 2.56. The number of rotatable bonds is 4. The van der Waals surface area contributed by atoms with E-state index in [1.165, 1.54) is 0 Å². The molecule has 2 atom stereocenters. The third kappa shape index (κ3) is 3.94. The normalized spacial score (nSPS) is 13.8. The van der Waals surface area contributed by atoms with Gasteiger partial charge in [-0.3, -0.25) is 4.79 Å². The molecule has 0 aliphatic heterocycles. The molecule has 0 radical (unpaired) electrons. The Morgan fingerprint density at radius 1 is 1.21 bits per heavy atom. The highest BCUT2D eigenvalue weighted by Crippen LogP contribution is 2.34. The number of benzene rings is 1. The standard InChI is InChI=1S/C14H21NO3.BrH/c1-7(2)11(13(15)14(17)18)12-8(3)5-10(16)6-9(12)4;/h5-7,11,13,16H,15H2,1-4H3,(H,17,18);1H/t11-,13-;/m0./s1. The van der Waals surface area contributed by atoms with Crippen molar-refractivity contribution in [1.29, 1.82) is 0 Å². The Hall–Kier alpha value is -1.07. The summed E-state index contributed by atoms with van der Waals surface area (Å²) >= 11 is 0. The lowest BCUT2D eigenvalue weighted by molar-refractivity contribution is -0.139. The van der Waals surface area contributed by atoms with Crippen molar-refractivity contribution < 1.29 is 15.0 Å². The average Bonchev–Trinajstić information content (AvgIpc) is 2.21. The number of carbonyl (C=O) groups is 1. The SMILES string of the molecule is Br.Cc1cc(O)cc(C)c1[C@H](C(C)C)[C@H](N)C(=O)O. The summed E-state index contributed by atoms with van der Waals surface area (Å²) in [5, 5.41) is 18.7. The van der Waals surface area contributed by atoms with E-state index in [1.807, 2.05) is 27.7 Å². The molecule has 0 heterocycles. The van der Waals surface area contributed by atoms with Gasteiger partial charge in [0.25, 0.3) is 0 Å². The summed E-state index contributed by atoms with van der Waals surface area (Å²) in [7, 11) is 0. The van der Waals surface area contributed by atoms with E-state index in [9.17, 15) is 9.90 Å². The molecular weight excluding hydrogens is 310 g/mol. The van der Waals surface area contributed by atoms with Gasteiger partial charge in [-0.25, -0.2) is 0 Å². The van der Waals surface area contributed by atoms with E-state index in [4.69, 9.17) is 10.8 Å². The molecule has 4 nitrogen and oxygen atoms in total. The average molecular weight is 332 g/mol. The van der Waals surface area contributed by atoms with Crippen molar-refractivity contribution in [3.63, 3.8) is 0 Å². The first kappa shape index (κ1) is 17.9. The van der Waals surface area contributed by atoms with Crippen LogP contribution in [0.4, 0.5) is 0 Å². The first-order valence-electron chi connectivity index (χ1n) is 6.04. The number of phenolic OH excluding ortho intramolecular Hbond substituents is 1. The molecule has 0 saturated heterocycles. The molecule has 1 rings (SSSR count). The van der Waals surface area contributed by atoms with Gasteiger partial charge in [-0.1, -0.05) is 13.8 Å². The van der Waals surface area contributed by atoms with Crippen LogP contribution in [0.25, 0.3) is 0 Å². The van der Waals surface area contributed by atoms with Crippen LogP contribution in [-0.2, 0) is 4.79 Å². The quantitative estimate of drug-likeness (QED) is 0.792. The fourth-order valence-corrected chi connectivity index (χ4v) is 2.56. The Morgan fingerprint density at radius 2 is 1.63 bits per heavy atom. The highest BCUT2D eigenvalue weighted by molar-refractivity contribution is 8.93. The van der Waals surface area contributed by atoms with Crippen molar-refractivity contribution in [2.45, 2.75) is 39.7 Å². The van der Waals surface area contributed by atoms with Gasteiger partial charge in [-0.15, -0.1) is 17.0 Å². The summed E-state index contributed by atoms with van der Waals surface area (Å²) in [6.07, 6.45) is 0. The van der Waals surface area contributed by atoms with Gasteiger partial charge < -0.3 is 15.9 Å². The number of hydrogen-bond donors (Lipinski definition) is 3. The number of hydrogen-bond acceptors (Lipinski definition) is 3. The van der Waals surface area contributed by atoms with E-state index in [-0.39, 0.29) is 34.6 Å². The lowest BCUT2D eigenvalue weighted by atomic mass is 9.78. The molecule has 4 N–H and O–H groups in total. The monoisotopic (exact) mass is 331 g/mol. The van der Waals surface area contributed by atoms with Crippen LogP contribution in [-0.4, -0.2) is 22.2 Å². The number of aryl methyl sites for hydroxylation is 2. The van der Waals surface area contributed by atoms with Gasteiger partial charge in [0, 0.05) is 5.92 Å². The summed E-state index contributed by atoms with van der Waals surface area (Å²) < 4.78 is 0. The second kappa shape index (κ2) is 6.91. The van der Waals surface area contributed by atoms with E-state index in [2.05, 4.69) is 0 Å². The number of aromatic hydroxyl groups is 1. The second-order valence-electron chi connectivity index (χ2n) is 5.13. The number of nitrogens with two attached hydrogens (primary N) is 1. The van der Waals surface area contributed by atoms with Gasteiger partial charge in [0.05, 0.1) is 0 Å². The lowest BCUT2D eigenvalue weighted by Gasteiger charge is -2.28. The van der Waals surface area contributed by atoms with E-state index < -0.39 is 12.0 Å². The molecule has 108 valence electrons. The van der Waals surface area contributed by atoms with E-state index in [0.29, 0.717) is 0 Å². The molecule has 1 aromatic rings. The molecule has 0 unspecified atom stereocenters. The van der Waals surface area contributed by atoms with Crippen molar-refractivity contribution in [3.05, 3.63) is 28.8 Å². The van der Waals surface area contributed by atoms with Gasteiger partial charge in [0.1, 0.15) is 11.8 Å². The summed E-state index contributed by atoms with van der Waals surface area (Å²) in [6.45, 7) is 7.65. The Morgan fingerprint density at radius 3 is 1.95 bits per heavy atom. The van der Waals surface area contributed by atoms with E-state index in [1.54, 1.807) is 12.1 Å². The third-order valence-electron chi connectivity index (χ3n) is 3.30. The van der Waals surface area contributed by atoms with Crippen molar-refractivity contribution in [3.8, 4) is 5.75 Å². The molecule has 0 saturated carbocycles. The topological polar surface area (TPSA) is 83.5 Å². The van der Waals surface area contributed by atoms with Crippen LogP contribution >= 0.6 is 17.0 Å². The smallest absolute Gasteiger partial charge is 0.321 e. The van der Waals surface area contributed by atoms with Crippen LogP contribution in [0.5, 0.6) is 5.75 Å². The van der Waals surface area contributed by atoms with Gasteiger partial charge in [0.2, 0.25) is 0 Å². The number of aliphatic carboxylic acids is 1. The first-order chi connectivity index (χ1) is 8.25. The second-order valence-corrected chi connectivity index (χ2v) is 5.13. The Kier molecular flexibility index (Phi) is 6.52. The van der Waals surface area contributed by atoms with Crippen molar-refractivity contribution in [1.82, 2.24) is 0 Å². The van der Waals surface area contributed by atoms with Crippen LogP contribution in [0, 0.1) is 19.8 Å². The third-order valence-corrected chi connectivity index (χ3v) is 3.30. The van der Waals surface area contributed by atoms with Gasteiger partial charge in [-0.2, -0.15) is 0 Å². The summed E-state index contributed by atoms with van der Waals surface area (Å²) in [5.74, 6) is -0.957. The maximum absolute atomic E-state index is 11.1. The number of halogens is 1. The van der Waals surface area contributed by atoms with Crippen LogP contribution < -0.4 is 5.73 Å². The molecule has 0 amide bonds. The summed E-state index contributed by atoms with van der Waals surface area (Å²) in [6, 6.07) is 2.35. The molecule has 0 spiro atoms. The molecular formula is C14H22BrNO3. The minimum absolute atomic E-state index is 0. The van der Waals surface area contributed by atoms with Crippen LogP contribution in [0.15, 0.2) is 12.1 Å². The molecule has 5 heteroatoms. The van der Waals surface area contributed by atoms with Crippen molar-refractivity contribution in [2.24, 2.45) is 11.7 Å². The molecule has 1 aromatic carbocycles. The Labute approximate surface area is 124 Å². The minimum atomic E-state index is -0.999. The van der Waals surface area contributed by atoms with Crippen LogP contribution in [0.2, 0.25) is 0 Å². The number of carboxylic acids is 1. The van der Waals surface area contributed by atoms with Gasteiger partial charge in [0.15, 0.2) is 0 Å². The first-order valence-corrected chi connectivity index (χ1v) is 6.04. The van der Waals surface area contributed by atoms with E-state index >= 15 is 0 Å². The zero-order valence-corrected chi connectivity index (χ0v) is 13.4. The van der Waals surface area contributed by atoms with Crippen molar-refractivity contribution in [2.75, 3.05) is 0 Å². The molecule has 0 aliphatic rings. The zero-order valence-electron chi connectivity index (χ0n) is 11.7. The van der Waals surface area contributed by atoms with Crippen LogP contribution in [0.3, 0.4) is 0 Å². The largest absolute Gasteiger partial charge is 0.508 e. The molecule has 19 heavy (non-hydrogen) atoms. The minimum Gasteiger partial charge on any atom is -0.508 e. The van der Waals surface area contributed by atoms with Crippen molar-refractivity contribution >= 4 is 23.0 Å². The summed E-state index contributed by atoms with van der Waals surface area (Å²) in [4.78, 5) is 11.1. The lowest BCUT2D eigenvalue weighted by Crippen LogP contribution is -2.39. The molecule has 0 bridgehead atoms. The zero-order chi connectivity index (χ0) is 14.0. The predicted molar refractivity (Wildman–Crippen MR) is 81.1 cm³/mol. The summed E-state index contributed by atoms with van der Waals surface area (Å²) in [5.41, 5.74) is 8.49. The molecule has 0 aromatic heterocycles. The highest BCUT2D eigenvalue weighted by Gasteiger charge is 2.30. The number of carboxylic acid groups (broad SMARTS) is 1. The number of phenols is 1. The Balaban J connectivity index is 0.00000324. The maximum Gasteiger partial charge on any atom is 0.321 e. The van der Waals surface area contributed by atoms with Crippen LogP contribution in [0.1, 0.15) is 36.5 Å². The maximum atomic E-state index is 11.1. The highest BCUT2D eigenvalue weighted by atomic mass is 79.9. The molecule has 0 fully saturated rings. The fraction of sp³-hybridized carbons (Fsp3) is 0.500. The Bertz CT molecular complexity index is 437.